The smallest absolute Gasteiger partial charge is 0.339 e. The standard InChI is InChI=1S/C17H23BrN2O2S2/c1-17(2,3)9-4-5-11-12(6-9)24-14(13(11)15(21)22)20-16-19-8-10(7-18)23-16/h9-10H,4-8H2,1-3H3,(H,19,20)(H,21,22). The predicted octanol–water partition coefficient (Wildman–Crippen LogP) is 4.88. The van der Waals surface area contributed by atoms with Gasteiger partial charge in [0.25, 0.3) is 0 Å². The van der Waals surface area contributed by atoms with E-state index in [4.69, 9.17) is 0 Å². The second kappa shape index (κ2) is 7.00. The topological polar surface area (TPSA) is 61.7 Å². The van der Waals surface area contributed by atoms with E-state index in [1.807, 2.05) is 0 Å². The molecule has 1 aromatic heterocycles. The molecular weight excluding hydrogens is 408 g/mol. The van der Waals surface area contributed by atoms with Gasteiger partial charge in [-0.25, -0.2) is 4.79 Å². The molecule has 0 radical (unpaired) electrons. The van der Waals surface area contributed by atoms with Crippen molar-refractivity contribution in [2.24, 2.45) is 16.3 Å². The summed E-state index contributed by atoms with van der Waals surface area (Å²) in [5, 5.41) is 15.9. The van der Waals surface area contributed by atoms with Crippen molar-refractivity contribution in [3.8, 4) is 0 Å². The largest absolute Gasteiger partial charge is 0.478 e. The van der Waals surface area contributed by atoms with Gasteiger partial charge in [0.05, 0.1) is 12.1 Å². The van der Waals surface area contributed by atoms with Crippen LogP contribution >= 0.6 is 39.0 Å². The lowest BCUT2D eigenvalue weighted by molar-refractivity contribution is 0.0696. The van der Waals surface area contributed by atoms with Gasteiger partial charge in [0.15, 0.2) is 5.17 Å². The molecule has 2 heterocycles. The molecule has 4 nitrogen and oxygen atoms in total. The zero-order valence-electron chi connectivity index (χ0n) is 14.2. The molecule has 0 saturated carbocycles. The van der Waals surface area contributed by atoms with Gasteiger partial charge >= 0.3 is 5.97 Å². The zero-order chi connectivity index (χ0) is 17.5. The van der Waals surface area contributed by atoms with Crippen LogP contribution in [0.2, 0.25) is 0 Å². The average molecular weight is 431 g/mol. The minimum Gasteiger partial charge on any atom is -0.478 e. The highest BCUT2D eigenvalue weighted by Gasteiger charge is 2.34. The van der Waals surface area contributed by atoms with Gasteiger partial charge in [-0.15, -0.1) is 11.3 Å². The van der Waals surface area contributed by atoms with Crippen LogP contribution in [0.25, 0.3) is 0 Å². The summed E-state index contributed by atoms with van der Waals surface area (Å²) in [6.45, 7) is 7.60. The summed E-state index contributed by atoms with van der Waals surface area (Å²) in [6, 6.07) is 0. The molecule has 1 aliphatic heterocycles. The van der Waals surface area contributed by atoms with E-state index in [0.717, 1.165) is 46.9 Å². The minimum absolute atomic E-state index is 0.257. The Bertz CT molecular complexity index is 679. The number of amidine groups is 1. The van der Waals surface area contributed by atoms with E-state index in [1.54, 1.807) is 23.1 Å². The molecule has 2 unspecified atom stereocenters. The van der Waals surface area contributed by atoms with Gasteiger partial charge < -0.3 is 10.4 Å². The van der Waals surface area contributed by atoms with Crippen LogP contribution in [0.1, 0.15) is 48.0 Å². The summed E-state index contributed by atoms with van der Waals surface area (Å²) >= 11 is 6.78. The number of thiophene rings is 1. The van der Waals surface area contributed by atoms with Crippen molar-refractivity contribution < 1.29 is 9.90 Å². The molecule has 0 saturated heterocycles. The molecule has 2 atom stereocenters. The fourth-order valence-electron chi connectivity index (χ4n) is 3.30. The Morgan fingerprint density at radius 3 is 2.79 bits per heavy atom. The van der Waals surface area contributed by atoms with E-state index in [0.29, 0.717) is 16.7 Å². The van der Waals surface area contributed by atoms with Crippen LogP contribution in [-0.2, 0) is 12.8 Å². The molecule has 2 N–H and O–H groups in total. The number of aliphatic imine (C=N–C) groups is 1. The van der Waals surface area contributed by atoms with Crippen molar-refractivity contribution in [2.45, 2.75) is 45.3 Å². The number of carboxylic acids is 1. The molecule has 7 heteroatoms. The first-order chi connectivity index (χ1) is 11.3. The number of aromatic carboxylic acids is 1. The SMILES string of the molecule is CC(C)(C)C1CCc2c(sc(NC3=NCC(CBr)S3)c2C(=O)O)C1. The third kappa shape index (κ3) is 3.68. The zero-order valence-corrected chi connectivity index (χ0v) is 17.4. The first-order valence-corrected chi connectivity index (χ1v) is 11.0. The van der Waals surface area contributed by atoms with Gasteiger partial charge in [0, 0.05) is 15.5 Å². The number of fused-ring (bicyclic) bond motifs is 1. The van der Waals surface area contributed by atoms with E-state index < -0.39 is 5.97 Å². The quantitative estimate of drug-likeness (QED) is 0.670. The number of nitrogens with zero attached hydrogens (tertiary/aromatic N) is 1. The summed E-state index contributed by atoms with van der Waals surface area (Å²) < 4.78 is 0. The molecule has 0 aromatic carbocycles. The van der Waals surface area contributed by atoms with E-state index in [1.165, 1.54) is 4.88 Å². The van der Waals surface area contributed by atoms with Crippen molar-refractivity contribution in [1.29, 1.82) is 0 Å². The van der Waals surface area contributed by atoms with E-state index in [2.05, 4.69) is 47.0 Å². The first kappa shape index (κ1) is 18.3. The number of anilines is 1. The molecule has 1 aromatic rings. The Labute approximate surface area is 159 Å². The highest BCUT2D eigenvalue weighted by Crippen LogP contribution is 2.44. The van der Waals surface area contributed by atoms with Crippen LogP contribution in [0, 0.1) is 11.3 Å². The number of halogens is 1. The van der Waals surface area contributed by atoms with Crippen LogP contribution in [0.3, 0.4) is 0 Å². The Kier molecular flexibility index (Phi) is 5.33. The van der Waals surface area contributed by atoms with Gasteiger partial charge in [-0.05, 0) is 36.2 Å². The molecule has 1 aliphatic carbocycles. The normalized spacial score (nSPS) is 23.8. The molecule has 0 spiro atoms. The second-order valence-corrected chi connectivity index (χ2v) is 10.5. The number of thioether (sulfide) groups is 1. The second-order valence-electron chi connectivity index (χ2n) is 7.48. The third-order valence-electron chi connectivity index (χ3n) is 4.81. The number of rotatable bonds is 3. The molecular formula is C17H23BrN2O2S2. The molecule has 3 rings (SSSR count). The van der Waals surface area contributed by atoms with Crippen molar-refractivity contribution >= 4 is 55.2 Å². The Morgan fingerprint density at radius 1 is 1.46 bits per heavy atom. The van der Waals surface area contributed by atoms with Crippen molar-refractivity contribution in [2.75, 3.05) is 17.2 Å². The predicted molar refractivity (Wildman–Crippen MR) is 107 cm³/mol. The molecule has 2 aliphatic rings. The lowest BCUT2D eigenvalue weighted by Crippen LogP contribution is -2.26. The average Bonchev–Trinajstić information content (AvgIpc) is 3.09. The van der Waals surface area contributed by atoms with Gasteiger partial charge in [-0.3, -0.25) is 4.99 Å². The summed E-state index contributed by atoms with van der Waals surface area (Å²) in [5.41, 5.74) is 1.76. The number of hydrogen-bond acceptors (Lipinski definition) is 5. The molecule has 24 heavy (non-hydrogen) atoms. The van der Waals surface area contributed by atoms with E-state index in [-0.39, 0.29) is 5.41 Å². The first-order valence-electron chi connectivity index (χ1n) is 8.21. The number of nitrogens with one attached hydrogen (secondary N) is 1. The number of alkyl halides is 1. The maximum atomic E-state index is 11.8. The molecule has 0 amide bonds. The third-order valence-corrected chi connectivity index (χ3v) is 8.30. The summed E-state index contributed by atoms with van der Waals surface area (Å²) in [6.07, 6.45) is 2.91. The van der Waals surface area contributed by atoms with Crippen LogP contribution in [0.15, 0.2) is 4.99 Å². The Hall–Kier alpha value is -0.530. The van der Waals surface area contributed by atoms with Crippen molar-refractivity contribution in [3.63, 3.8) is 0 Å². The lowest BCUT2D eigenvalue weighted by atomic mass is 9.72. The van der Waals surface area contributed by atoms with Gasteiger partial charge in [0.1, 0.15) is 5.00 Å². The monoisotopic (exact) mass is 430 g/mol. The van der Waals surface area contributed by atoms with Crippen molar-refractivity contribution in [3.05, 3.63) is 16.0 Å². The minimum atomic E-state index is -0.829. The van der Waals surface area contributed by atoms with Gasteiger partial charge in [-0.2, -0.15) is 0 Å². The number of carbonyl (C=O) groups is 1. The summed E-state index contributed by atoms with van der Waals surface area (Å²) in [5.74, 6) is -0.223. The van der Waals surface area contributed by atoms with Crippen LogP contribution in [-0.4, -0.2) is 33.4 Å². The highest BCUT2D eigenvalue weighted by molar-refractivity contribution is 9.09. The fraction of sp³-hybridized carbons (Fsp3) is 0.647. The van der Waals surface area contributed by atoms with Crippen LogP contribution in [0.4, 0.5) is 5.00 Å². The Morgan fingerprint density at radius 2 is 2.21 bits per heavy atom. The molecule has 0 bridgehead atoms. The maximum Gasteiger partial charge on any atom is 0.339 e. The van der Waals surface area contributed by atoms with Crippen LogP contribution < -0.4 is 5.32 Å². The van der Waals surface area contributed by atoms with Gasteiger partial charge in [-0.1, -0.05) is 48.5 Å². The van der Waals surface area contributed by atoms with E-state index in [9.17, 15) is 9.90 Å². The van der Waals surface area contributed by atoms with Gasteiger partial charge in [0.2, 0.25) is 0 Å². The Balaban J connectivity index is 1.86. The summed E-state index contributed by atoms with van der Waals surface area (Å²) in [7, 11) is 0. The molecule has 0 fully saturated rings. The van der Waals surface area contributed by atoms with Crippen molar-refractivity contribution in [1.82, 2.24) is 0 Å². The lowest BCUT2D eigenvalue weighted by Gasteiger charge is -2.33. The number of hydrogen-bond donors (Lipinski definition) is 2. The maximum absolute atomic E-state index is 11.8. The summed E-state index contributed by atoms with van der Waals surface area (Å²) in [4.78, 5) is 17.6. The fourth-order valence-corrected chi connectivity index (χ4v) is 6.13. The highest BCUT2D eigenvalue weighted by atomic mass is 79.9. The molecule has 132 valence electrons. The number of carboxylic acid groups (broad SMARTS) is 1. The van der Waals surface area contributed by atoms with E-state index >= 15 is 0 Å². The van der Waals surface area contributed by atoms with Crippen LogP contribution in [0.5, 0.6) is 0 Å².